The Balaban J connectivity index is 2.64. The minimum atomic E-state index is -0.654. The number of nitrogens with zero attached hydrogens (tertiary/aromatic N) is 1. The molecule has 1 N–H and O–H groups in total. The number of aliphatic hydroxyl groups excluding tert-OH is 1. The number of thiophene rings is 1. The summed E-state index contributed by atoms with van der Waals surface area (Å²) in [5.74, 6) is 0. The van der Waals surface area contributed by atoms with E-state index >= 15 is 0 Å². The quantitative estimate of drug-likeness (QED) is 0.901. The predicted octanol–water partition coefficient (Wildman–Crippen LogP) is 3.43. The van der Waals surface area contributed by atoms with E-state index in [9.17, 15) is 9.90 Å². The average Bonchev–Trinajstić information content (AvgIpc) is 2.79. The van der Waals surface area contributed by atoms with Crippen LogP contribution in [0.1, 0.15) is 45.1 Å². The van der Waals surface area contributed by atoms with Gasteiger partial charge in [0.15, 0.2) is 0 Å². The zero-order valence-corrected chi connectivity index (χ0v) is 12.9. The molecule has 0 aliphatic heterocycles. The molecule has 0 aromatic carbocycles. The van der Waals surface area contributed by atoms with Crippen LogP contribution in [0.15, 0.2) is 17.5 Å². The van der Waals surface area contributed by atoms with Crippen LogP contribution in [0.2, 0.25) is 0 Å². The summed E-state index contributed by atoms with van der Waals surface area (Å²) in [5, 5.41) is 12.0. The van der Waals surface area contributed by atoms with E-state index in [0.717, 1.165) is 11.3 Å². The summed E-state index contributed by atoms with van der Waals surface area (Å²) in [6.07, 6.45) is -0.194. The van der Waals surface area contributed by atoms with Gasteiger partial charge in [0.1, 0.15) is 11.7 Å². The fourth-order valence-electron chi connectivity index (χ4n) is 1.63. The van der Waals surface area contributed by atoms with Crippen molar-refractivity contribution in [1.29, 1.82) is 0 Å². The lowest BCUT2D eigenvalue weighted by Crippen LogP contribution is -2.39. The predicted molar refractivity (Wildman–Crippen MR) is 77.4 cm³/mol. The highest BCUT2D eigenvalue weighted by Crippen LogP contribution is 2.21. The number of hydrogen-bond donors (Lipinski definition) is 1. The Morgan fingerprint density at radius 2 is 2.21 bits per heavy atom. The normalized spacial score (nSPS) is 13.1. The van der Waals surface area contributed by atoms with Crippen LogP contribution in [0.5, 0.6) is 0 Å². The maximum atomic E-state index is 12.0. The first-order valence-electron chi connectivity index (χ1n) is 6.53. The van der Waals surface area contributed by atoms with E-state index in [0.29, 0.717) is 6.54 Å². The van der Waals surface area contributed by atoms with Gasteiger partial charge in [-0.1, -0.05) is 13.0 Å². The van der Waals surface area contributed by atoms with Gasteiger partial charge >= 0.3 is 6.09 Å². The molecule has 1 atom stereocenters. The topological polar surface area (TPSA) is 49.8 Å². The molecule has 1 rings (SSSR count). The van der Waals surface area contributed by atoms with Gasteiger partial charge in [0, 0.05) is 11.4 Å². The SMILES string of the molecule is CCCN(CC(O)c1cccs1)C(=O)OC(C)(C)C. The second-order valence-corrected chi connectivity index (χ2v) is 6.44. The van der Waals surface area contributed by atoms with E-state index in [1.807, 2.05) is 45.2 Å². The Kier molecular flexibility index (Phi) is 5.82. The maximum absolute atomic E-state index is 12.0. The third kappa shape index (κ3) is 5.61. The number of amides is 1. The summed E-state index contributed by atoms with van der Waals surface area (Å²) in [6.45, 7) is 8.36. The van der Waals surface area contributed by atoms with E-state index in [1.54, 1.807) is 4.90 Å². The van der Waals surface area contributed by atoms with Crippen molar-refractivity contribution in [1.82, 2.24) is 4.90 Å². The lowest BCUT2D eigenvalue weighted by atomic mass is 10.2. The first-order chi connectivity index (χ1) is 8.83. The van der Waals surface area contributed by atoms with Crippen LogP contribution in [-0.2, 0) is 4.74 Å². The van der Waals surface area contributed by atoms with Gasteiger partial charge in [-0.25, -0.2) is 4.79 Å². The van der Waals surface area contributed by atoms with Crippen LogP contribution in [0.4, 0.5) is 4.79 Å². The highest BCUT2D eigenvalue weighted by molar-refractivity contribution is 7.10. The Morgan fingerprint density at radius 3 is 2.68 bits per heavy atom. The van der Waals surface area contributed by atoms with Gasteiger partial charge in [0.05, 0.1) is 6.54 Å². The van der Waals surface area contributed by atoms with E-state index in [1.165, 1.54) is 11.3 Å². The van der Waals surface area contributed by atoms with E-state index in [4.69, 9.17) is 4.74 Å². The molecule has 0 radical (unpaired) electrons. The fraction of sp³-hybridized carbons (Fsp3) is 0.643. The van der Waals surface area contributed by atoms with Crippen LogP contribution in [-0.4, -0.2) is 34.8 Å². The molecule has 0 saturated heterocycles. The number of hydrogen-bond acceptors (Lipinski definition) is 4. The molecule has 0 aliphatic carbocycles. The summed E-state index contributed by atoms with van der Waals surface area (Å²) < 4.78 is 5.35. The second kappa shape index (κ2) is 6.91. The molecule has 0 saturated carbocycles. The van der Waals surface area contributed by atoms with Gasteiger partial charge in [0.25, 0.3) is 0 Å². The highest BCUT2D eigenvalue weighted by Gasteiger charge is 2.24. The van der Waals surface area contributed by atoms with Crippen molar-refractivity contribution in [3.05, 3.63) is 22.4 Å². The number of carbonyl (C=O) groups excluding carboxylic acids is 1. The smallest absolute Gasteiger partial charge is 0.410 e. The minimum Gasteiger partial charge on any atom is -0.444 e. The molecule has 5 heteroatoms. The molecule has 1 aromatic heterocycles. The molecule has 1 amide bonds. The van der Waals surface area contributed by atoms with Crippen LogP contribution in [0.3, 0.4) is 0 Å². The van der Waals surface area contributed by atoms with Gasteiger partial charge in [0.2, 0.25) is 0 Å². The summed E-state index contributed by atoms with van der Waals surface area (Å²) in [6, 6.07) is 3.76. The Morgan fingerprint density at radius 1 is 1.53 bits per heavy atom. The molecule has 108 valence electrons. The molecule has 0 bridgehead atoms. The molecular formula is C14H23NO3S. The van der Waals surface area contributed by atoms with Crippen molar-refractivity contribution in [2.45, 2.75) is 45.8 Å². The van der Waals surface area contributed by atoms with Gasteiger partial charge in [-0.2, -0.15) is 0 Å². The maximum Gasteiger partial charge on any atom is 0.410 e. The fourth-order valence-corrected chi connectivity index (χ4v) is 2.34. The molecule has 1 unspecified atom stereocenters. The van der Waals surface area contributed by atoms with Gasteiger partial charge < -0.3 is 14.7 Å². The standard InChI is InChI=1S/C14H23NO3S/c1-5-8-15(13(17)18-14(2,3)4)10-11(16)12-7-6-9-19-12/h6-7,9,11,16H,5,8,10H2,1-4H3. The summed E-state index contributed by atoms with van der Waals surface area (Å²) in [5.41, 5.74) is -0.517. The molecule has 4 nitrogen and oxygen atoms in total. The molecule has 1 aromatic rings. The van der Waals surface area contributed by atoms with Crippen molar-refractivity contribution in [2.75, 3.05) is 13.1 Å². The average molecular weight is 285 g/mol. The number of carbonyl (C=O) groups is 1. The summed E-state index contributed by atoms with van der Waals surface area (Å²) in [7, 11) is 0. The van der Waals surface area contributed by atoms with Gasteiger partial charge in [-0.15, -0.1) is 11.3 Å². The lowest BCUT2D eigenvalue weighted by molar-refractivity contribution is 0.0148. The van der Waals surface area contributed by atoms with E-state index < -0.39 is 11.7 Å². The van der Waals surface area contributed by atoms with Crippen LogP contribution < -0.4 is 0 Å². The van der Waals surface area contributed by atoms with E-state index in [-0.39, 0.29) is 12.6 Å². The molecule has 0 spiro atoms. The molecule has 0 aliphatic rings. The van der Waals surface area contributed by atoms with Crippen LogP contribution >= 0.6 is 11.3 Å². The Bertz CT molecular complexity index is 384. The number of rotatable bonds is 5. The number of ether oxygens (including phenoxy) is 1. The first-order valence-corrected chi connectivity index (χ1v) is 7.41. The Labute approximate surface area is 119 Å². The second-order valence-electron chi connectivity index (χ2n) is 5.46. The van der Waals surface area contributed by atoms with Crippen molar-refractivity contribution in [3.63, 3.8) is 0 Å². The summed E-state index contributed by atoms with van der Waals surface area (Å²) >= 11 is 1.49. The molecule has 0 fully saturated rings. The minimum absolute atomic E-state index is 0.267. The van der Waals surface area contributed by atoms with Crippen molar-refractivity contribution in [3.8, 4) is 0 Å². The molecular weight excluding hydrogens is 262 g/mol. The monoisotopic (exact) mass is 285 g/mol. The van der Waals surface area contributed by atoms with E-state index in [2.05, 4.69) is 0 Å². The third-order valence-electron chi connectivity index (χ3n) is 2.41. The third-order valence-corrected chi connectivity index (χ3v) is 3.38. The number of aliphatic hydroxyl groups is 1. The zero-order chi connectivity index (χ0) is 14.5. The molecule has 1 heterocycles. The largest absolute Gasteiger partial charge is 0.444 e. The van der Waals surface area contributed by atoms with Crippen molar-refractivity contribution in [2.24, 2.45) is 0 Å². The van der Waals surface area contributed by atoms with Gasteiger partial charge in [-0.3, -0.25) is 0 Å². The molecule has 19 heavy (non-hydrogen) atoms. The Hall–Kier alpha value is -1.07. The highest BCUT2D eigenvalue weighted by atomic mass is 32.1. The van der Waals surface area contributed by atoms with Crippen molar-refractivity contribution < 1.29 is 14.6 Å². The van der Waals surface area contributed by atoms with Crippen molar-refractivity contribution >= 4 is 17.4 Å². The lowest BCUT2D eigenvalue weighted by Gasteiger charge is -2.28. The zero-order valence-electron chi connectivity index (χ0n) is 12.0. The van der Waals surface area contributed by atoms with Crippen LogP contribution in [0, 0.1) is 0 Å². The van der Waals surface area contributed by atoms with Crippen LogP contribution in [0.25, 0.3) is 0 Å². The summed E-state index contributed by atoms with van der Waals surface area (Å²) in [4.78, 5) is 14.5. The first kappa shape index (κ1) is 16.0. The van der Waals surface area contributed by atoms with Gasteiger partial charge in [-0.05, 0) is 38.6 Å².